The molecular weight excluding hydrogens is 416 g/mol. The van der Waals surface area contributed by atoms with Crippen molar-refractivity contribution in [3.8, 4) is 5.75 Å². The Balaban J connectivity index is 1.24. The Morgan fingerprint density at radius 3 is 2.56 bits per heavy atom. The quantitative estimate of drug-likeness (QED) is 0.557. The minimum absolute atomic E-state index is 0.0487. The van der Waals surface area contributed by atoms with Crippen molar-refractivity contribution in [2.24, 2.45) is 0 Å². The van der Waals surface area contributed by atoms with Gasteiger partial charge in [0, 0.05) is 44.9 Å². The molecule has 0 spiro atoms. The van der Waals surface area contributed by atoms with Crippen LogP contribution >= 0.6 is 0 Å². The molecule has 1 fully saturated rings. The van der Waals surface area contributed by atoms with Gasteiger partial charge in [-0.2, -0.15) is 0 Å². The molecule has 0 bridgehead atoms. The topological polar surface area (TPSA) is 58.8 Å². The van der Waals surface area contributed by atoms with Crippen LogP contribution in [0.4, 0.5) is 8.78 Å². The molecule has 0 radical (unpaired) electrons. The number of piperazine rings is 1. The molecule has 2 heterocycles. The zero-order valence-corrected chi connectivity index (χ0v) is 17.4. The number of ether oxygens (including phenoxy) is 1. The van der Waals surface area contributed by atoms with Crippen molar-refractivity contribution < 1.29 is 22.8 Å². The van der Waals surface area contributed by atoms with E-state index in [1.165, 1.54) is 12.1 Å². The first kappa shape index (κ1) is 21.7. The monoisotopic (exact) mass is 439 g/mol. The number of nitrogens with zero attached hydrogens (tertiary/aromatic N) is 3. The highest BCUT2D eigenvalue weighted by Gasteiger charge is 2.24. The van der Waals surface area contributed by atoms with Gasteiger partial charge in [-0.15, -0.1) is 0 Å². The van der Waals surface area contributed by atoms with Gasteiger partial charge in [0.1, 0.15) is 12.4 Å². The van der Waals surface area contributed by atoms with E-state index in [4.69, 9.17) is 9.26 Å². The van der Waals surface area contributed by atoms with Crippen molar-refractivity contribution in [1.82, 2.24) is 15.0 Å². The van der Waals surface area contributed by atoms with Crippen molar-refractivity contribution >= 4 is 12.0 Å². The van der Waals surface area contributed by atoms with Crippen LogP contribution in [0.3, 0.4) is 0 Å². The van der Waals surface area contributed by atoms with E-state index in [1.807, 2.05) is 18.2 Å². The Morgan fingerprint density at radius 2 is 1.81 bits per heavy atom. The maximum atomic E-state index is 13.2. The van der Waals surface area contributed by atoms with Crippen molar-refractivity contribution in [2.75, 3.05) is 32.7 Å². The van der Waals surface area contributed by atoms with Gasteiger partial charge in [0.05, 0.1) is 0 Å². The molecule has 2 aromatic carbocycles. The number of aromatic nitrogens is 1. The summed E-state index contributed by atoms with van der Waals surface area (Å²) in [5.74, 6) is -1.66. The molecule has 32 heavy (non-hydrogen) atoms. The normalized spacial score (nSPS) is 14.8. The third-order valence-corrected chi connectivity index (χ3v) is 5.18. The van der Waals surface area contributed by atoms with Gasteiger partial charge in [-0.05, 0) is 17.7 Å². The molecule has 8 heteroatoms. The molecule has 3 aromatic rings. The smallest absolute Gasteiger partial charge is 0.276 e. The first-order chi connectivity index (χ1) is 15.6. The zero-order chi connectivity index (χ0) is 22.3. The van der Waals surface area contributed by atoms with Crippen LogP contribution in [0.1, 0.15) is 21.8 Å². The lowest BCUT2D eigenvalue weighted by molar-refractivity contribution is 0.0640. The molecule has 0 unspecified atom stereocenters. The lowest BCUT2D eigenvalue weighted by Gasteiger charge is -2.33. The molecule has 0 N–H and O–H groups in total. The van der Waals surface area contributed by atoms with Gasteiger partial charge in [-0.1, -0.05) is 47.6 Å². The highest BCUT2D eigenvalue weighted by molar-refractivity contribution is 5.92. The number of amides is 1. The van der Waals surface area contributed by atoms with E-state index >= 15 is 0 Å². The van der Waals surface area contributed by atoms with E-state index in [0.29, 0.717) is 18.8 Å². The number of halogens is 2. The first-order valence-corrected chi connectivity index (χ1v) is 10.3. The molecule has 0 atom stereocenters. The highest BCUT2D eigenvalue weighted by atomic mass is 19.2. The van der Waals surface area contributed by atoms with E-state index in [0.717, 1.165) is 37.3 Å². The summed E-state index contributed by atoms with van der Waals surface area (Å²) >= 11 is 0. The average Bonchev–Trinajstić information content (AvgIpc) is 3.30. The number of rotatable bonds is 7. The number of benzene rings is 2. The van der Waals surface area contributed by atoms with Crippen LogP contribution < -0.4 is 4.74 Å². The number of hydrogen-bond donors (Lipinski definition) is 0. The molecule has 1 aliphatic heterocycles. The van der Waals surface area contributed by atoms with Crippen LogP contribution in [0.25, 0.3) is 6.08 Å². The molecule has 1 amide bonds. The van der Waals surface area contributed by atoms with Gasteiger partial charge in [0.15, 0.2) is 23.1 Å². The third-order valence-electron chi connectivity index (χ3n) is 5.18. The molecule has 0 aliphatic carbocycles. The summed E-state index contributed by atoms with van der Waals surface area (Å²) in [5.41, 5.74) is 1.36. The van der Waals surface area contributed by atoms with Gasteiger partial charge in [-0.3, -0.25) is 9.69 Å². The molecule has 0 saturated carbocycles. The molecule has 1 saturated heterocycles. The summed E-state index contributed by atoms with van der Waals surface area (Å²) in [6.07, 6.45) is 4.22. The molecule has 1 aliphatic rings. The minimum Gasteiger partial charge on any atom is -0.485 e. The Bertz CT molecular complexity index is 1080. The SMILES string of the molecule is O=C(c1cc(COc2ccc(F)c(F)c2)on1)N1CCN(C/C=C/c2ccccc2)CC1. The number of hydrogen-bond acceptors (Lipinski definition) is 5. The van der Waals surface area contributed by atoms with E-state index < -0.39 is 11.6 Å². The van der Waals surface area contributed by atoms with Crippen molar-refractivity contribution in [2.45, 2.75) is 6.61 Å². The van der Waals surface area contributed by atoms with E-state index in [2.05, 4.69) is 34.3 Å². The fourth-order valence-electron chi connectivity index (χ4n) is 3.40. The lowest BCUT2D eigenvalue weighted by Crippen LogP contribution is -2.48. The second kappa shape index (κ2) is 10.2. The van der Waals surface area contributed by atoms with Crippen LogP contribution in [0.2, 0.25) is 0 Å². The van der Waals surface area contributed by atoms with Crippen molar-refractivity contribution in [3.63, 3.8) is 0 Å². The fraction of sp³-hybridized carbons (Fsp3) is 0.250. The van der Waals surface area contributed by atoms with Gasteiger partial charge < -0.3 is 14.2 Å². The largest absolute Gasteiger partial charge is 0.485 e. The standard InChI is InChI=1S/C24H23F2N3O3/c25-21-9-8-19(15-22(21)26)31-17-20-16-23(27-32-20)24(30)29-13-11-28(12-14-29)10-4-7-18-5-2-1-3-6-18/h1-9,15-16H,10-14,17H2/b7-4+. The third kappa shape index (κ3) is 5.59. The molecule has 6 nitrogen and oxygen atoms in total. The maximum Gasteiger partial charge on any atom is 0.276 e. The van der Waals surface area contributed by atoms with E-state index in [-0.39, 0.29) is 24.0 Å². The fourth-order valence-corrected chi connectivity index (χ4v) is 3.40. The van der Waals surface area contributed by atoms with Crippen LogP contribution in [-0.4, -0.2) is 53.6 Å². The number of carbonyl (C=O) groups excluding carboxylic acids is 1. The summed E-state index contributed by atoms with van der Waals surface area (Å²) < 4.78 is 36.8. The summed E-state index contributed by atoms with van der Waals surface area (Å²) in [5, 5.41) is 3.83. The molecule has 1 aromatic heterocycles. The predicted octanol–water partition coefficient (Wildman–Crippen LogP) is 4.00. The summed E-state index contributed by atoms with van der Waals surface area (Å²) in [6, 6.07) is 14.9. The van der Waals surface area contributed by atoms with Crippen LogP contribution in [0, 0.1) is 11.6 Å². The molecular formula is C24H23F2N3O3. The van der Waals surface area contributed by atoms with Crippen LogP contribution in [-0.2, 0) is 6.61 Å². The molecule has 4 rings (SSSR count). The van der Waals surface area contributed by atoms with Crippen molar-refractivity contribution in [1.29, 1.82) is 0 Å². The maximum absolute atomic E-state index is 13.2. The molecule has 166 valence electrons. The van der Waals surface area contributed by atoms with Crippen LogP contribution in [0.15, 0.2) is 65.2 Å². The van der Waals surface area contributed by atoms with Gasteiger partial charge in [0.25, 0.3) is 5.91 Å². The Kier molecular flexibility index (Phi) is 6.91. The van der Waals surface area contributed by atoms with Crippen LogP contribution in [0.5, 0.6) is 5.75 Å². The average molecular weight is 439 g/mol. The predicted molar refractivity (Wildman–Crippen MR) is 115 cm³/mol. The summed E-state index contributed by atoms with van der Waals surface area (Å²) in [6.45, 7) is 3.53. The zero-order valence-electron chi connectivity index (χ0n) is 17.4. The second-order valence-corrected chi connectivity index (χ2v) is 7.45. The number of carbonyl (C=O) groups is 1. The van der Waals surface area contributed by atoms with Crippen molar-refractivity contribution in [3.05, 3.63) is 89.3 Å². The first-order valence-electron chi connectivity index (χ1n) is 10.3. The Hall–Kier alpha value is -3.52. The van der Waals surface area contributed by atoms with Gasteiger partial charge in [0.2, 0.25) is 0 Å². The minimum atomic E-state index is -0.995. The second-order valence-electron chi connectivity index (χ2n) is 7.45. The Labute approximate surface area is 184 Å². The van der Waals surface area contributed by atoms with Gasteiger partial charge >= 0.3 is 0 Å². The highest BCUT2D eigenvalue weighted by Crippen LogP contribution is 2.18. The summed E-state index contributed by atoms with van der Waals surface area (Å²) in [7, 11) is 0. The van der Waals surface area contributed by atoms with E-state index in [9.17, 15) is 13.6 Å². The lowest BCUT2D eigenvalue weighted by atomic mass is 10.2. The summed E-state index contributed by atoms with van der Waals surface area (Å²) in [4.78, 5) is 16.7. The van der Waals surface area contributed by atoms with Gasteiger partial charge in [-0.25, -0.2) is 8.78 Å². The Morgan fingerprint density at radius 1 is 1.03 bits per heavy atom. The van der Waals surface area contributed by atoms with E-state index in [1.54, 1.807) is 4.90 Å².